The molecule has 19 heavy (non-hydrogen) atoms. The summed E-state index contributed by atoms with van der Waals surface area (Å²) >= 11 is 0. The summed E-state index contributed by atoms with van der Waals surface area (Å²) in [5.41, 5.74) is -0.311. The third kappa shape index (κ3) is 5.93. The van der Waals surface area contributed by atoms with E-state index in [1.807, 2.05) is 0 Å². The number of nitrogens with zero attached hydrogens (tertiary/aromatic N) is 2. The Kier molecular flexibility index (Phi) is 6.82. The highest BCUT2D eigenvalue weighted by atomic mass is 15.1. The lowest BCUT2D eigenvalue weighted by molar-refractivity contribution is 0.222. The molecule has 110 valence electrons. The average Bonchev–Trinajstić information content (AvgIpc) is 3.20. The lowest BCUT2D eigenvalue weighted by atomic mass is 9.96. The van der Waals surface area contributed by atoms with E-state index in [0.29, 0.717) is 12.1 Å². The summed E-state index contributed by atoms with van der Waals surface area (Å²) < 4.78 is 0. The van der Waals surface area contributed by atoms with E-state index >= 15 is 0 Å². The minimum absolute atomic E-state index is 0.311. The number of unbranched alkanes of at least 4 members (excludes halogenated alkanes) is 1. The highest BCUT2D eigenvalue weighted by Gasteiger charge is 2.31. The third-order valence-corrected chi connectivity index (χ3v) is 4.35. The summed E-state index contributed by atoms with van der Waals surface area (Å²) in [4.78, 5) is 2.47. The van der Waals surface area contributed by atoms with Gasteiger partial charge < -0.3 is 4.90 Å². The Morgan fingerprint density at radius 1 is 1.32 bits per heavy atom. The van der Waals surface area contributed by atoms with Crippen LogP contribution in [0.15, 0.2) is 0 Å². The van der Waals surface area contributed by atoms with Gasteiger partial charge in [-0.2, -0.15) is 5.26 Å². The second-order valence-electron chi connectivity index (χ2n) is 6.27. The number of nitrogens with one attached hydrogen (secondary N) is 1. The van der Waals surface area contributed by atoms with Crippen LogP contribution in [0.2, 0.25) is 0 Å². The van der Waals surface area contributed by atoms with Gasteiger partial charge in [-0.05, 0) is 65.5 Å². The maximum atomic E-state index is 9.31. The van der Waals surface area contributed by atoms with Crippen LogP contribution in [0.3, 0.4) is 0 Å². The van der Waals surface area contributed by atoms with Gasteiger partial charge >= 0.3 is 0 Å². The zero-order valence-electron chi connectivity index (χ0n) is 13.2. The van der Waals surface area contributed by atoms with Crippen molar-refractivity contribution in [1.29, 1.82) is 5.26 Å². The normalized spacial score (nSPS) is 18.6. The molecule has 0 spiro atoms. The van der Waals surface area contributed by atoms with E-state index in [9.17, 15) is 5.26 Å². The zero-order chi connectivity index (χ0) is 14.3. The van der Waals surface area contributed by atoms with E-state index in [0.717, 1.165) is 19.4 Å². The molecule has 0 saturated heterocycles. The van der Waals surface area contributed by atoms with E-state index in [1.165, 1.54) is 32.1 Å². The fourth-order valence-electron chi connectivity index (χ4n) is 2.77. The Balaban J connectivity index is 2.19. The molecule has 1 saturated carbocycles. The van der Waals surface area contributed by atoms with Crippen LogP contribution in [0.1, 0.15) is 65.7 Å². The molecule has 0 bridgehead atoms. The second-order valence-corrected chi connectivity index (χ2v) is 6.27. The van der Waals surface area contributed by atoms with Crippen LogP contribution in [-0.2, 0) is 0 Å². The predicted octanol–water partition coefficient (Wildman–Crippen LogP) is 3.31. The van der Waals surface area contributed by atoms with Crippen molar-refractivity contribution in [1.82, 2.24) is 10.2 Å². The van der Waals surface area contributed by atoms with Crippen LogP contribution >= 0.6 is 0 Å². The quantitative estimate of drug-likeness (QED) is 0.616. The van der Waals surface area contributed by atoms with Gasteiger partial charge in [0, 0.05) is 12.1 Å². The highest BCUT2D eigenvalue weighted by Crippen LogP contribution is 2.24. The first-order valence-corrected chi connectivity index (χ1v) is 7.93. The Labute approximate surface area is 119 Å². The van der Waals surface area contributed by atoms with Crippen LogP contribution in [0.25, 0.3) is 0 Å². The van der Waals surface area contributed by atoms with Crippen molar-refractivity contribution < 1.29 is 0 Å². The van der Waals surface area contributed by atoms with Crippen molar-refractivity contribution >= 4 is 0 Å². The first kappa shape index (κ1) is 16.5. The molecular weight excluding hydrogens is 234 g/mol. The lowest BCUT2D eigenvalue weighted by Crippen LogP contribution is -2.42. The van der Waals surface area contributed by atoms with Gasteiger partial charge in [-0.25, -0.2) is 0 Å². The van der Waals surface area contributed by atoms with Gasteiger partial charge in [-0.1, -0.05) is 13.8 Å². The molecule has 1 N–H and O–H groups in total. The first-order valence-electron chi connectivity index (χ1n) is 7.93. The summed E-state index contributed by atoms with van der Waals surface area (Å²) in [6.45, 7) is 7.72. The molecule has 1 rings (SSSR count). The molecule has 0 aromatic carbocycles. The van der Waals surface area contributed by atoms with Crippen molar-refractivity contribution in [3.05, 3.63) is 0 Å². The predicted molar refractivity (Wildman–Crippen MR) is 81.0 cm³/mol. The molecule has 1 aliphatic rings. The molecule has 0 aromatic heterocycles. The van der Waals surface area contributed by atoms with Crippen molar-refractivity contribution in [2.45, 2.75) is 83.3 Å². The number of rotatable bonds is 10. The third-order valence-electron chi connectivity index (χ3n) is 4.35. The van der Waals surface area contributed by atoms with Gasteiger partial charge in [0.2, 0.25) is 0 Å². The fourth-order valence-corrected chi connectivity index (χ4v) is 2.77. The molecule has 0 radical (unpaired) electrons. The highest BCUT2D eigenvalue weighted by molar-refractivity contribution is 5.06. The Morgan fingerprint density at radius 2 is 1.95 bits per heavy atom. The molecule has 1 fully saturated rings. The van der Waals surface area contributed by atoms with Crippen molar-refractivity contribution in [2.24, 2.45) is 0 Å². The van der Waals surface area contributed by atoms with Gasteiger partial charge in [0.05, 0.1) is 6.07 Å². The van der Waals surface area contributed by atoms with Gasteiger partial charge in [-0.3, -0.25) is 5.32 Å². The average molecular weight is 265 g/mol. The molecule has 1 atom stereocenters. The molecule has 3 nitrogen and oxygen atoms in total. The van der Waals surface area contributed by atoms with E-state index in [2.05, 4.69) is 44.1 Å². The molecule has 0 amide bonds. The number of hydrogen-bond donors (Lipinski definition) is 1. The first-order chi connectivity index (χ1) is 9.04. The van der Waals surface area contributed by atoms with E-state index < -0.39 is 0 Å². The minimum atomic E-state index is -0.311. The molecular formula is C16H31N3. The second kappa shape index (κ2) is 7.87. The molecule has 1 aliphatic carbocycles. The van der Waals surface area contributed by atoms with Gasteiger partial charge in [-0.15, -0.1) is 0 Å². The van der Waals surface area contributed by atoms with Crippen LogP contribution in [0.4, 0.5) is 0 Å². The number of nitriles is 1. The minimum Gasteiger partial charge on any atom is -0.303 e. The number of hydrogen-bond acceptors (Lipinski definition) is 3. The Hall–Kier alpha value is -0.590. The largest absolute Gasteiger partial charge is 0.303 e. The monoisotopic (exact) mass is 265 g/mol. The molecule has 0 aliphatic heterocycles. The fraction of sp³-hybridized carbons (Fsp3) is 0.938. The molecule has 0 heterocycles. The molecule has 0 aromatic rings. The Bertz CT molecular complexity index is 289. The maximum Gasteiger partial charge on any atom is 0.104 e. The zero-order valence-corrected chi connectivity index (χ0v) is 13.2. The Morgan fingerprint density at radius 3 is 2.42 bits per heavy atom. The molecule has 1 unspecified atom stereocenters. The summed E-state index contributed by atoms with van der Waals surface area (Å²) in [6.07, 6.45) is 8.24. The van der Waals surface area contributed by atoms with Crippen LogP contribution in [-0.4, -0.2) is 36.1 Å². The SMILES string of the molecule is CCC(CC)N(C)CCCCC(C)(C#N)NC1CC1. The van der Waals surface area contributed by atoms with E-state index in [1.54, 1.807) is 0 Å². The van der Waals surface area contributed by atoms with E-state index in [-0.39, 0.29) is 5.54 Å². The van der Waals surface area contributed by atoms with Crippen molar-refractivity contribution in [2.75, 3.05) is 13.6 Å². The standard InChI is InChI=1S/C16H31N3/c1-5-15(6-2)19(4)12-8-7-11-16(3,13-17)18-14-9-10-14/h14-15,18H,5-12H2,1-4H3. The van der Waals surface area contributed by atoms with Gasteiger partial charge in [0.25, 0.3) is 0 Å². The maximum absolute atomic E-state index is 9.31. The van der Waals surface area contributed by atoms with Gasteiger partial charge in [0.1, 0.15) is 5.54 Å². The van der Waals surface area contributed by atoms with Crippen LogP contribution < -0.4 is 5.32 Å². The van der Waals surface area contributed by atoms with Crippen molar-refractivity contribution in [3.63, 3.8) is 0 Å². The summed E-state index contributed by atoms with van der Waals surface area (Å²) in [7, 11) is 2.23. The van der Waals surface area contributed by atoms with E-state index in [4.69, 9.17) is 0 Å². The molecule has 3 heteroatoms. The smallest absolute Gasteiger partial charge is 0.104 e. The van der Waals surface area contributed by atoms with Crippen LogP contribution in [0.5, 0.6) is 0 Å². The van der Waals surface area contributed by atoms with Crippen LogP contribution in [0, 0.1) is 11.3 Å². The van der Waals surface area contributed by atoms with Gasteiger partial charge in [0.15, 0.2) is 0 Å². The summed E-state index contributed by atoms with van der Waals surface area (Å²) in [5.74, 6) is 0. The summed E-state index contributed by atoms with van der Waals surface area (Å²) in [6, 6.07) is 3.78. The lowest BCUT2D eigenvalue weighted by Gasteiger charge is -2.27. The summed E-state index contributed by atoms with van der Waals surface area (Å²) in [5, 5.41) is 12.8. The van der Waals surface area contributed by atoms with Crippen molar-refractivity contribution in [3.8, 4) is 6.07 Å². The topological polar surface area (TPSA) is 39.1 Å².